The predicted octanol–water partition coefficient (Wildman–Crippen LogP) is 5.51. The lowest BCUT2D eigenvalue weighted by Gasteiger charge is -2.08. The summed E-state index contributed by atoms with van der Waals surface area (Å²) in [7, 11) is 0. The zero-order chi connectivity index (χ0) is 12.6. The topological polar surface area (TPSA) is 15.8 Å². The standard InChI is InChI=1S/C11H5Cl3FNS/c12-5-1-8(13)10(9(14)2-5)7-3-6(15)4-16-11(7)17/h1-4H,(H,16,17). The van der Waals surface area contributed by atoms with Gasteiger partial charge in [0.2, 0.25) is 0 Å². The van der Waals surface area contributed by atoms with Gasteiger partial charge in [-0.15, -0.1) is 0 Å². The van der Waals surface area contributed by atoms with E-state index in [0.717, 1.165) is 0 Å². The molecular formula is C11H5Cl3FNS. The summed E-state index contributed by atoms with van der Waals surface area (Å²) in [6.45, 7) is 0. The van der Waals surface area contributed by atoms with Crippen molar-refractivity contribution >= 4 is 47.0 Å². The Balaban J connectivity index is 2.77. The summed E-state index contributed by atoms with van der Waals surface area (Å²) >= 11 is 23.0. The maximum absolute atomic E-state index is 13.2. The zero-order valence-corrected chi connectivity index (χ0v) is 11.3. The second-order valence-electron chi connectivity index (χ2n) is 3.31. The van der Waals surface area contributed by atoms with Crippen molar-refractivity contribution in [3.8, 4) is 11.1 Å². The van der Waals surface area contributed by atoms with Crippen LogP contribution in [0.2, 0.25) is 15.1 Å². The molecule has 1 N–H and O–H groups in total. The van der Waals surface area contributed by atoms with E-state index < -0.39 is 5.82 Å². The molecule has 0 aliphatic carbocycles. The molecule has 0 aliphatic heterocycles. The van der Waals surface area contributed by atoms with Crippen LogP contribution in [0, 0.1) is 10.5 Å². The molecule has 0 spiro atoms. The number of hydrogen-bond donors (Lipinski definition) is 1. The molecule has 0 unspecified atom stereocenters. The number of nitrogens with one attached hydrogen (secondary N) is 1. The minimum absolute atomic E-state index is 0.326. The lowest BCUT2D eigenvalue weighted by atomic mass is 10.1. The summed E-state index contributed by atoms with van der Waals surface area (Å²) in [5, 5.41) is 1.07. The Kier molecular flexibility index (Phi) is 3.73. The van der Waals surface area contributed by atoms with E-state index in [9.17, 15) is 4.39 Å². The summed E-state index contributed by atoms with van der Waals surface area (Å²) < 4.78 is 13.5. The first kappa shape index (κ1) is 12.8. The molecule has 0 saturated carbocycles. The molecule has 2 aromatic rings. The van der Waals surface area contributed by atoms with Crippen molar-refractivity contribution in [3.63, 3.8) is 0 Å². The normalized spacial score (nSPS) is 10.6. The predicted molar refractivity (Wildman–Crippen MR) is 72.1 cm³/mol. The number of benzene rings is 1. The van der Waals surface area contributed by atoms with Crippen molar-refractivity contribution in [2.45, 2.75) is 0 Å². The Hall–Kier alpha value is -0.610. The van der Waals surface area contributed by atoms with Crippen molar-refractivity contribution in [1.29, 1.82) is 0 Å². The highest BCUT2D eigenvalue weighted by Crippen LogP contribution is 2.37. The van der Waals surface area contributed by atoms with E-state index in [0.29, 0.717) is 30.8 Å². The van der Waals surface area contributed by atoms with Crippen LogP contribution < -0.4 is 0 Å². The maximum atomic E-state index is 13.2. The molecule has 1 nitrogen and oxygen atoms in total. The minimum Gasteiger partial charge on any atom is -0.350 e. The quantitative estimate of drug-likeness (QED) is 0.687. The molecule has 0 bridgehead atoms. The zero-order valence-electron chi connectivity index (χ0n) is 8.23. The summed E-state index contributed by atoms with van der Waals surface area (Å²) in [5.74, 6) is -0.448. The van der Waals surface area contributed by atoms with Crippen LogP contribution in [-0.4, -0.2) is 4.98 Å². The van der Waals surface area contributed by atoms with Crippen molar-refractivity contribution in [2.24, 2.45) is 0 Å². The molecule has 0 atom stereocenters. The second kappa shape index (κ2) is 4.94. The third-order valence-electron chi connectivity index (χ3n) is 2.14. The fourth-order valence-electron chi connectivity index (χ4n) is 1.44. The highest BCUT2D eigenvalue weighted by molar-refractivity contribution is 7.71. The van der Waals surface area contributed by atoms with Gasteiger partial charge in [0.15, 0.2) is 0 Å². The molecule has 0 radical (unpaired) electrons. The molecule has 6 heteroatoms. The molecule has 2 rings (SSSR count). The van der Waals surface area contributed by atoms with Crippen molar-refractivity contribution in [3.05, 3.63) is 49.9 Å². The average molecular weight is 309 g/mol. The lowest BCUT2D eigenvalue weighted by molar-refractivity contribution is 0.621. The van der Waals surface area contributed by atoms with Crippen LogP contribution in [0.4, 0.5) is 4.39 Å². The van der Waals surface area contributed by atoms with Gasteiger partial charge in [-0.25, -0.2) is 4.39 Å². The van der Waals surface area contributed by atoms with E-state index in [2.05, 4.69) is 4.98 Å². The average Bonchev–Trinajstić information content (AvgIpc) is 2.21. The molecule has 0 saturated heterocycles. The van der Waals surface area contributed by atoms with Gasteiger partial charge in [0.1, 0.15) is 10.5 Å². The molecule has 88 valence electrons. The number of rotatable bonds is 1. The largest absolute Gasteiger partial charge is 0.350 e. The Labute approximate surface area is 117 Å². The SMILES string of the molecule is Fc1c[nH]c(=S)c(-c2c(Cl)cc(Cl)cc2Cl)c1. The van der Waals surface area contributed by atoms with Crippen LogP contribution in [-0.2, 0) is 0 Å². The number of halogens is 4. The number of pyridine rings is 1. The first-order valence-electron chi connectivity index (χ1n) is 4.52. The van der Waals surface area contributed by atoms with Crippen LogP contribution in [0.25, 0.3) is 11.1 Å². The van der Waals surface area contributed by atoms with Crippen LogP contribution in [0.1, 0.15) is 0 Å². The Morgan fingerprint density at radius 2 is 1.65 bits per heavy atom. The van der Waals surface area contributed by atoms with E-state index in [4.69, 9.17) is 47.0 Å². The van der Waals surface area contributed by atoms with E-state index in [1.807, 2.05) is 0 Å². The summed E-state index contributed by atoms with van der Waals surface area (Å²) in [6, 6.07) is 4.34. The van der Waals surface area contributed by atoms with E-state index in [-0.39, 0.29) is 0 Å². The Bertz CT molecular complexity index is 616. The highest BCUT2D eigenvalue weighted by atomic mass is 35.5. The summed E-state index contributed by atoms with van der Waals surface area (Å²) in [5.41, 5.74) is 0.908. The van der Waals surface area contributed by atoms with Crippen LogP contribution >= 0.6 is 47.0 Å². The number of aromatic amines is 1. The molecule has 0 fully saturated rings. The van der Waals surface area contributed by atoms with Crippen molar-refractivity contribution in [1.82, 2.24) is 4.98 Å². The van der Waals surface area contributed by atoms with Gasteiger partial charge in [-0.3, -0.25) is 0 Å². The molecular weight excluding hydrogens is 304 g/mol. The van der Waals surface area contributed by atoms with Crippen molar-refractivity contribution in [2.75, 3.05) is 0 Å². The van der Waals surface area contributed by atoms with E-state index in [1.165, 1.54) is 24.4 Å². The van der Waals surface area contributed by atoms with Gasteiger partial charge in [0.25, 0.3) is 0 Å². The molecule has 17 heavy (non-hydrogen) atoms. The van der Waals surface area contributed by atoms with E-state index in [1.54, 1.807) is 0 Å². The molecule has 0 aliphatic rings. The number of aromatic nitrogens is 1. The van der Waals surface area contributed by atoms with Crippen LogP contribution in [0.5, 0.6) is 0 Å². The first-order chi connectivity index (χ1) is 7.99. The van der Waals surface area contributed by atoms with Gasteiger partial charge < -0.3 is 4.98 Å². The number of hydrogen-bond acceptors (Lipinski definition) is 1. The van der Waals surface area contributed by atoms with Gasteiger partial charge >= 0.3 is 0 Å². The van der Waals surface area contributed by atoms with Gasteiger partial charge in [0.05, 0.1) is 10.0 Å². The number of H-pyrrole nitrogens is 1. The molecule has 1 aromatic heterocycles. The second-order valence-corrected chi connectivity index (χ2v) is 4.96. The minimum atomic E-state index is -0.448. The third-order valence-corrected chi connectivity index (χ3v) is 3.30. The van der Waals surface area contributed by atoms with Gasteiger partial charge in [-0.1, -0.05) is 47.0 Å². The van der Waals surface area contributed by atoms with Gasteiger partial charge in [-0.05, 0) is 18.2 Å². The monoisotopic (exact) mass is 307 g/mol. The van der Waals surface area contributed by atoms with Gasteiger partial charge in [0, 0.05) is 22.3 Å². The Morgan fingerprint density at radius 3 is 2.24 bits per heavy atom. The first-order valence-corrected chi connectivity index (χ1v) is 6.06. The highest BCUT2D eigenvalue weighted by Gasteiger charge is 2.12. The third kappa shape index (κ3) is 2.63. The fourth-order valence-corrected chi connectivity index (χ4v) is 2.68. The lowest BCUT2D eigenvalue weighted by Crippen LogP contribution is -1.88. The molecule has 1 heterocycles. The molecule has 1 aromatic carbocycles. The maximum Gasteiger partial charge on any atom is 0.139 e. The van der Waals surface area contributed by atoms with Crippen LogP contribution in [0.15, 0.2) is 24.4 Å². The van der Waals surface area contributed by atoms with E-state index >= 15 is 0 Å². The molecule has 0 amide bonds. The van der Waals surface area contributed by atoms with Crippen molar-refractivity contribution < 1.29 is 4.39 Å². The fraction of sp³-hybridized carbons (Fsp3) is 0. The smallest absolute Gasteiger partial charge is 0.139 e. The van der Waals surface area contributed by atoms with Gasteiger partial charge in [-0.2, -0.15) is 0 Å². The summed E-state index contributed by atoms with van der Waals surface area (Å²) in [4.78, 5) is 2.63. The van der Waals surface area contributed by atoms with Crippen LogP contribution in [0.3, 0.4) is 0 Å². The Morgan fingerprint density at radius 1 is 1.06 bits per heavy atom. The summed E-state index contributed by atoms with van der Waals surface area (Å²) in [6.07, 6.45) is 1.17.